The number of nitrogens with zero attached hydrogens (tertiary/aromatic N) is 2. The number of hydrogen-bond donors (Lipinski definition) is 0. The van der Waals surface area contributed by atoms with Crippen molar-refractivity contribution in [2.45, 2.75) is 0 Å². The van der Waals surface area contributed by atoms with E-state index in [9.17, 15) is 0 Å². The Bertz CT molecular complexity index is 827. The lowest BCUT2D eigenvalue weighted by molar-refractivity contribution is 0.364. The highest BCUT2D eigenvalue weighted by molar-refractivity contribution is 5.96. The van der Waals surface area contributed by atoms with Gasteiger partial charge in [-0.3, -0.25) is 0 Å². The van der Waals surface area contributed by atoms with Crippen molar-refractivity contribution in [1.29, 1.82) is 0 Å². The summed E-state index contributed by atoms with van der Waals surface area (Å²) in [6.07, 6.45) is 2.09. The average molecular weight is 294 g/mol. The van der Waals surface area contributed by atoms with Gasteiger partial charge in [-0.05, 0) is 17.2 Å². The molecule has 0 spiro atoms. The molecule has 0 atom stereocenters. The molecule has 0 radical (unpaired) electrons. The Morgan fingerprint density at radius 1 is 1.09 bits per heavy atom. The van der Waals surface area contributed by atoms with Gasteiger partial charge in [0.15, 0.2) is 0 Å². The van der Waals surface area contributed by atoms with Gasteiger partial charge < -0.3 is 14.0 Å². The molecule has 22 heavy (non-hydrogen) atoms. The summed E-state index contributed by atoms with van der Waals surface area (Å²) in [5.74, 6) is 1.02. The maximum Gasteiger partial charge on any atom is 0.216 e. The van der Waals surface area contributed by atoms with E-state index in [1.165, 1.54) is 10.9 Å². The van der Waals surface area contributed by atoms with Gasteiger partial charge in [0.2, 0.25) is 11.8 Å². The molecule has 4 nitrogen and oxygen atoms in total. The summed E-state index contributed by atoms with van der Waals surface area (Å²) in [6.45, 7) is 4.26. The summed E-state index contributed by atoms with van der Waals surface area (Å²) in [5, 5.41) is 1.17. The Hall–Kier alpha value is -2.75. The highest BCUT2D eigenvalue weighted by Crippen LogP contribution is 2.32. The summed E-state index contributed by atoms with van der Waals surface area (Å²) < 4.78 is 12.6. The van der Waals surface area contributed by atoms with Gasteiger partial charge in [-0.1, -0.05) is 24.8 Å². The molecular formula is C18H18N2O2. The highest BCUT2D eigenvalue weighted by Gasteiger charge is 2.13. The van der Waals surface area contributed by atoms with Crippen LogP contribution in [0.15, 0.2) is 49.2 Å². The molecule has 112 valence electrons. The van der Waals surface area contributed by atoms with Gasteiger partial charge in [-0.15, -0.1) is 0 Å². The van der Waals surface area contributed by atoms with E-state index in [0.717, 1.165) is 16.7 Å². The molecule has 1 aromatic carbocycles. The van der Waals surface area contributed by atoms with Crippen molar-refractivity contribution in [2.75, 3.05) is 14.2 Å². The van der Waals surface area contributed by atoms with Crippen LogP contribution in [0.2, 0.25) is 0 Å². The molecule has 2 aromatic heterocycles. The van der Waals surface area contributed by atoms with Crippen molar-refractivity contribution < 1.29 is 9.47 Å². The summed E-state index contributed by atoms with van der Waals surface area (Å²) in [6, 6.07) is 12.0. The third kappa shape index (κ3) is 2.33. The van der Waals surface area contributed by atoms with Crippen molar-refractivity contribution in [2.24, 2.45) is 7.05 Å². The Kier molecular flexibility index (Phi) is 3.59. The van der Waals surface area contributed by atoms with E-state index in [1.807, 2.05) is 31.3 Å². The van der Waals surface area contributed by atoms with E-state index in [2.05, 4.69) is 34.5 Å². The first-order valence-electron chi connectivity index (χ1n) is 6.98. The maximum absolute atomic E-state index is 5.24. The molecule has 0 fully saturated rings. The number of methoxy groups -OCH3 is 2. The van der Waals surface area contributed by atoms with Gasteiger partial charge in [-0.2, -0.15) is 4.98 Å². The van der Waals surface area contributed by atoms with Crippen molar-refractivity contribution in [1.82, 2.24) is 9.55 Å². The van der Waals surface area contributed by atoms with Crippen LogP contribution in [-0.4, -0.2) is 23.8 Å². The van der Waals surface area contributed by atoms with Crippen LogP contribution in [0.5, 0.6) is 11.8 Å². The molecule has 0 aliphatic rings. The maximum atomic E-state index is 5.24. The van der Waals surface area contributed by atoms with Crippen LogP contribution in [0.3, 0.4) is 0 Å². The number of benzene rings is 1. The average Bonchev–Trinajstić information content (AvgIpc) is 2.91. The fourth-order valence-corrected chi connectivity index (χ4v) is 2.60. The smallest absolute Gasteiger partial charge is 0.216 e. The standard InChI is InChI=1S/C18H18N2O2/c1-12(13-9-17(21-3)19-18(10-13)22-4)15-11-20(2)16-8-6-5-7-14(15)16/h5-11H,1H2,2-4H3. The second-order valence-electron chi connectivity index (χ2n) is 5.09. The fraction of sp³-hybridized carbons (Fsp3) is 0.167. The van der Waals surface area contributed by atoms with Crippen molar-refractivity contribution in [3.05, 3.63) is 60.3 Å². The van der Waals surface area contributed by atoms with Crippen molar-refractivity contribution in [3.63, 3.8) is 0 Å². The molecule has 2 heterocycles. The van der Waals surface area contributed by atoms with E-state index in [0.29, 0.717) is 11.8 Å². The molecule has 0 bridgehead atoms. The second kappa shape index (κ2) is 5.56. The van der Waals surface area contributed by atoms with E-state index in [4.69, 9.17) is 9.47 Å². The molecule has 0 unspecified atom stereocenters. The highest BCUT2D eigenvalue weighted by atomic mass is 16.5. The molecule has 4 heteroatoms. The Morgan fingerprint density at radius 2 is 1.73 bits per heavy atom. The van der Waals surface area contributed by atoms with Gasteiger partial charge in [0.25, 0.3) is 0 Å². The molecule has 3 aromatic rings. The predicted molar refractivity (Wildman–Crippen MR) is 88.4 cm³/mol. The minimum absolute atomic E-state index is 0.510. The van der Waals surface area contributed by atoms with Gasteiger partial charge in [0.05, 0.1) is 14.2 Å². The number of aromatic nitrogens is 2. The van der Waals surface area contributed by atoms with Gasteiger partial charge in [0, 0.05) is 41.8 Å². The Labute approximate surface area is 129 Å². The minimum Gasteiger partial charge on any atom is -0.481 e. The van der Waals surface area contributed by atoms with E-state index < -0.39 is 0 Å². The first-order valence-corrected chi connectivity index (χ1v) is 6.98. The van der Waals surface area contributed by atoms with E-state index in [1.54, 1.807) is 14.2 Å². The second-order valence-corrected chi connectivity index (χ2v) is 5.09. The normalized spacial score (nSPS) is 10.7. The van der Waals surface area contributed by atoms with Crippen LogP contribution >= 0.6 is 0 Å². The molecule has 0 amide bonds. The summed E-state index contributed by atoms with van der Waals surface area (Å²) in [7, 11) is 5.21. The summed E-state index contributed by atoms with van der Waals surface area (Å²) in [4.78, 5) is 4.22. The van der Waals surface area contributed by atoms with Gasteiger partial charge >= 0.3 is 0 Å². The van der Waals surface area contributed by atoms with Crippen LogP contribution in [0.4, 0.5) is 0 Å². The van der Waals surface area contributed by atoms with Crippen molar-refractivity contribution >= 4 is 16.5 Å². The van der Waals surface area contributed by atoms with Crippen LogP contribution in [-0.2, 0) is 7.05 Å². The first-order chi connectivity index (χ1) is 10.6. The zero-order valence-corrected chi connectivity index (χ0v) is 13.0. The minimum atomic E-state index is 0.510. The number of ether oxygens (including phenoxy) is 2. The van der Waals surface area contributed by atoms with Crippen molar-refractivity contribution in [3.8, 4) is 11.8 Å². The monoisotopic (exact) mass is 294 g/mol. The molecule has 0 aliphatic carbocycles. The Morgan fingerprint density at radius 3 is 2.36 bits per heavy atom. The van der Waals surface area contributed by atoms with Gasteiger partial charge in [-0.25, -0.2) is 0 Å². The fourth-order valence-electron chi connectivity index (χ4n) is 2.60. The lowest BCUT2D eigenvalue weighted by atomic mass is 10.00. The number of rotatable bonds is 4. The van der Waals surface area contributed by atoms with Crippen LogP contribution in [0.25, 0.3) is 16.5 Å². The number of fused-ring (bicyclic) bond motifs is 1. The molecule has 0 saturated carbocycles. The predicted octanol–water partition coefficient (Wildman–Crippen LogP) is 3.65. The van der Waals surface area contributed by atoms with E-state index >= 15 is 0 Å². The number of hydrogen-bond acceptors (Lipinski definition) is 3. The lowest BCUT2D eigenvalue weighted by Gasteiger charge is -2.09. The van der Waals surface area contributed by atoms with Crippen LogP contribution in [0, 0.1) is 0 Å². The zero-order chi connectivity index (χ0) is 15.7. The molecular weight excluding hydrogens is 276 g/mol. The molecule has 0 aliphatic heterocycles. The largest absolute Gasteiger partial charge is 0.481 e. The summed E-state index contributed by atoms with van der Waals surface area (Å²) in [5.41, 5.74) is 4.11. The first kappa shape index (κ1) is 14.2. The van der Waals surface area contributed by atoms with E-state index in [-0.39, 0.29) is 0 Å². The number of para-hydroxylation sites is 1. The number of pyridine rings is 1. The van der Waals surface area contributed by atoms with Crippen LogP contribution in [0.1, 0.15) is 11.1 Å². The SMILES string of the molecule is C=C(c1cc(OC)nc(OC)c1)c1cn(C)c2ccccc12. The lowest BCUT2D eigenvalue weighted by Crippen LogP contribution is -1.95. The molecule has 0 saturated heterocycles. The molecule has 0 N–H and O–H groups in total. The number of aryl methyl sites for hydroxylation is 1. The topological polar surface area (TPSA) is 36.3 Å². The zero-order valence-electron chi connectivity index (χ0n) is 13.0. The summed E-state index contributed by atoms with van der Waals surface area (Å²) >= 11 is 0. The molecule has 3 rings (SSSR count). The Balaban J connectivity index is 2.14. The van der Waals surface area contributed by atoms with Gasteiger partial charge in [0.1, 0.15) is 0 Å². The quantitative estimate of drug-likeness (QED) is 0.737. The third-order valence-corrected chi connectivity index (χ3v) is 3.77. The van der Waals surface area contributed by atoms with Crippen LogP contribution < -0.4 is 9.47 Å². The third-order valence-electron chi connectivity index (χ3n) is 3.77.